The summed E-state index contributed by atoms with van der Waals surface area (Å²) < 4.78 is 0. The summed E-state index contributed by atoms with van der Waals surface area (Å²) in [5.74, 6) is 0. The van der Waals surface area contributed by atoms with Gasteiger partial charge in [0.05, 0.1) is 17.6 Å². The molecule has 2 aromatic rings. The van der Waals surface area contributed by atoms with Gasteiger partial charge < -0.3 is 10.6 Å². The van der Waals surface area contributed by atoms with Gasteiger partial charge in [0.1, 0.15) is 5.01 Å². The molecule has 1 unspecified atom stereocenters. The van der Waals surface area contributed by atoms with E-state index in [-0.39, 0.29) is 12.1 Å². The van der Waals surface area contributed by atoms with Gasteiger partial charge in [-0.05, 0) is 20.8 Å². The molecule has 0 fully saturated rings. The van der Waals surface area contributed by atoms with Crippen molar-refractivity contribution in [3.05, 3.63) is 32.2 Å². The Morgan fingerprint density at radius 1 is 1.47 bits per heavy atom. The van der Waals surface area contributed by atoms with Crippen LogP contribution in [0.2, 0.25) is 0 Å². The minimum absolute atomic E-state index is 0.0816. The number of rotatable bonds is 4. The van der Waals surface area contributed by atoms with E-state index in [1.54, 1.807) is 28.9 Å². The second-order valence-electron chi connectivity index (χ2n) is 4.22. The van der Waals surface area contributed by atoms with E-state index in [4.69, 9.17) is 0 Å². The van der Waals surface area contributed by atoms with Crippen LogP contribution in [0.5, 0.6) is 0 Å². The highest BCUT2D eigenvalue weighted by Crippen LogP contribution is 2.17. The molecular weight excluding hydrogens is 280 g/mol. The van der Waals surface area contributed by atoms with E-state index in [1.807, 2.05) is 26.2 Å². The third-order valence-corrected chi connectivity index (χ3v) is 4.51. The second-order valence-corrected chi connectivity index (χ2v) is 6.43. The van der Waals surface area contributed by atoms with Gasteiger partial charge in [-0.15, -0.1) is 22.7 Å². The lowest BCUT2D eigenvalue weighted by atomic mass is 10.3. The van der Waals surface area contributed by atoms with E-state index in [1.165, 1.54) is 0 Å². The SMILES string of the molecule is Cc1csc(C(C)NC(=O)NCc2cnc(C)s2)n1. The number of hydrogen-bond acceptors (Lipinski definition) is 5. The molecule has 0 aliphatic rings. The van der Waals surface area contributed by atoms with Crippen LogP contribution in [0.15, 0.2) is 11.6 Å². The number of aryl methyl sites for hydroxylation is 2. The van der Waals surface area contributed by atoms with Crippen LogP contribution in [0.3, 0.4) is 0 Å². The number of urea groups is 1. The van der Waals surface area contributed by atoms with Crippen LogP contribution < -0.4 is 10.6 Å². The van der Waals surface area contributed by atoms with E-state index < -0.39 is 0 Å². The highest BCUT2D eigenvalue weighted by atomic mass is 32.1. The molecule has 5 nitrogen and oxygen atoms in total. The molecule has 7 heteroatoms. The molecular formula is C12H16N4OS2. The molecule has 0 radical (unpaired) electrons. The standard InChI is InChI=1S/C12H16N4OS2/c1-7-6-18-11(15-7)8(2)16-12(17)14-5-10-4-13-9(3)19-10/h4,6,8H,5H2,1-3H3,(H2,14,16,17). The molecule has 0 aromatic carbocycles. The van der Waals surface area contributed by atoms with Gasteiger partial charge in [0, 0.05) is 22.1 Å². The summed E-state index contributed by atoms with van der Waals surface area (Å²) in [6.07, 6.45) is 1.79. The molecule has 2 rings (SSSR count). The Hall–Kier alpha value is -1.47. The zero-order valence-electron chi connectivity index (χ0n) is 11.1. The van der Waals surface area contributed by atoms with Crippen molar-refractivity contribution in [1.82, 2.24) is 20.6 Å². The van der Waals surface area contributed by atoms with Crippen molar-refractivity contribution in [2.45, 2.75) is 33.4 Å². The average Bonchev–Trinajstić information content (AvgIpc) is 2.95. The first-order chi connectivity index (χ1) is 9.04. The monoisotopic (exact) mass is 296 g/mol. The number of thiazole rings is 2. The lowest BCUT2D eigenvalue weighted by Crippen LogP contribution is -2.36. The normalized spacial score (nSPS) is 12.2. The first kappa shape index (κ1) is 14.0. The van der Waals surface area contributed by atoms with E-state index in [2.05, 4.69) is 20.6 Å². The minimum atomic E-state index is -0.189. The van der Waals surface area contributed by atoms with Crippen molar-refractivity contribution in [1.29, 1.82) is 0 Å². The van der Waals surface area contributed by atoms with Gasteiger partial charge in [-0.3, -0.25) is 0 Å². The van der Waals surface area contributed by atoms with E-state index in [0.29, 0.717) is 6.54 Å². The number of nitrogens with one attached hydrogen (secondary N) is 2. The van der Waals surface area contributed by atoms with Crippen molar-refractivity contribution >= 4 is 28.7 Å². The quantitative estimate of drug-likeness (QED) is 0.911. The predicted octanol–water partition coefficient (Wildman–Crippen LogP) is 2.78. The summed E-state index contributed by atoms with van der Waals surface area (Å²) in [4.78, 5) is 21.3. The molecule has 102 valence electrons. The summed E-state index contributed by atoms with van der Waals surface area (Å²) in [5, 5.41) is 9.58. The van der Waals surface area contributed by atoms with Crippen LogP contribution in [0.4, 0.5) is 4.79 Å². The largest absolute Gasteiger partial charge is 0.333 e. The summed E-state index contributed by atoms with van der Waals surface area (Å²) in [5.41, 5.74) is 0.981. The molecule has 0 bridgehead atoms. The fourth-order valence-electron chi connectivity index (χ4n) is 1.53. The van der Waals surface area contributed by atoms with Gasteiger partial charge in [0.25, 0.3) is 0 Å². The summed E-state index contributed by atoms with van der Waals surface area (Å²) in [6, 6.07) is -0.270. The molecule has 0 aliphatic heterocycles. The maximum Gasteiger partial charge on any atom is 0.315 e. The van der Waals surface area contributed by atoms with E-state index in [9.17, 15) is 4.79 Å². The Morgan fingerprint density at radius 3 is 2.84 bits per heavy atom. The fourth-order valence-corrected chi connectivity index (χ4v) is 3.07. The third kappa shape index (κ3) is 4.00. The van der Waals surface area contributed by atoms with Gasteiger partial charge in [0.15, 0.2) is 0 Å². The maximum atomic E-state index is 11.8. The van der Waals surface area contributed by atoms with Crippen LogP contribution >= 0.6 is 22.7 Å². The smallest absolute Gasteiger partial charge is 0.315 e. The third-order valence-electron chi connectivity index (χ3n) is 2.45. The van der Waals surface area contributed by atoms with Crippen LogP contribution in [-0.2, 0) is 6.54 Å². The molecule has 1 atom stereocenters. The molecule has 0 spiro atoms. The number of carbonyl (C=O) groups excluding carboxylic acids is 1. The Kier molecular flexibility index (Phi) is 4.49. The van der Waals surface area contributed by atoms with Crippen LogP contribution in [0.25, 0.3) is 0 Å². The highest BCUT2D eigenvalue weighted by Gasteiger charge is 2.12. The maximum absolute atomic E-state index is 11.8. The first-order valence-electron chi connectivity index (χ1n) is 5.92. The summed E-state index contributed by atoms with van der Waals surface area (Å²) >= 11 is 3.14. The molecule has 2 N–H and O–H groups in total. The Bertz CT molecular complexity index is 564. The van der Waals surface area contributed by atoms with Crippen LogP contribution in [0, 0.1) is 13.8 Å². The zero-order valence-corrected chi connectivity index (χ0v) is 12.7. The van der Waals surface area contributed by atoms with Crippen molar-refractivity contribution < 1.29 is 4.79 Å². The van der Waals surface area contributed by atoms with Crippen molar-refractivity contribution in [2.24, 2.45) is 0 Å². The molecule has 2 aromatic heterocycles. The lowest BCUT2D eigenvalue weighted by molar-refractivity contribution is 0.237. The van der Waals surface area contributed by atoms with Crippen molar-refractivity contribution in [3.63, 3.8) is 0 Å². The number of carbonyl (C=O) groups is 1. The minimum Gasteiger partial charge on any atom is -0.333 e. The molecule has 2 heterocycles. The van der Waals surface area contributed by atoms with Gasteiger partial charge in [-0.2, -0.15) is 0 Å². The van der Waals surface area contributed by atoms with Crippen molar-refractivity contribution in [2.75, 3.05) is 0 Å². The Labute approximate surface area is 120 Å². The van der Waals surface area contributed by atoms with Gasteiger partial charge in [-0.1, -0.05) is 0 Å². The predicted molar refractivity (Wildman–Crippen MR) is 77.5 cm³/mol. The van der Waals surface area contributed by atoms with Crippen LogP contribution in [-0.4, -0.2) is 16.0 Å². The van der Waals surface area contributed by atoms with Crippen molar-refractivity contribution in [3.8, 4) is 0 Å². The van der Waals surface area contributed by atoms with Gasteiger partial charge in [-0.25, -0.2) is 14.8 Å². The molecule has 19 heavy (non-hydrogen) atoms. The summed E-state index contributed by atoms with van der Waals surface area (Å²) in [6.45, 7) is 6.32. The fraction of sp³-hybridized carbons (Fsp3) is 0.417. The topological polar surface area (TPSA) is 66.9 Å². The van der Waals surface area contributed by atoms with Gasteiger partial charge in [0.2, 0.25) is 0 Å². The van der Waals surface area contributed by atoms with E-state index >= 15 is 0 Å². The van der Waals surface area contributed by atoms with E-state index in [0.717, 1.165) is 20.6 Å². The Morgan fingerprint density at radius 2 is 2.26 bits per heavy atom. The number of hydrogen-bond donors (Lipinski definition) is 2. The van der Waals surface area contributed by atoms with Gasteiger partial charge >= 0.3 is 6.03 Å². The second kappa shape index (κ2) is 6.12. The number of nitrogens with zero attached hydrogens (tertiary/aromatic N) is 2. The molecule has 0 saturated heterocycles. The highest BCUT2D eigenvalue weighted by molar-refractivity contribution is 7.11. The van der Waals surface area contributed by atoms with Crippen LogP contribution in [0.1, 0.15) is 33.6 Å². The first-order valence-corrected chi connectivity index (χ1v) is 7.62. The zero-order chi connectivity index (χ0) is 13.8. The number of aromatic nitrogens is 2. The average molecular weight is 296 g/mol. The molecule has 0 saturated carbocycles. The summed E-state index contributed by atoms with van der Waals surface area (Å²) in [7, 11) is 0. The Balaban J connectivity index is 1.81. The number of amides is 2. The lowest BCUT2D eigenvalue weighted by Gasteiger charge is -2.11. The molecule has 0 aliphatic carbocycles. The molecule has 2 amide bonds.